The average molecular weight is 396 g/mol. The van der Waals surface area contributed by atoms with Gasteiger partial charge in [0.1, 0.15) is 24.1 Å². The second kappa shape index (κ2) is 6.63. The summed E-state index contributed by atoms with van der Waals surface area (Å²) in [6.45, 7) is 6.98. The van der Waals surface area contributed by atoms with Gasteiger partial charge in [0.15, 0.2) is 24.0 Å². The first-order valence-corrected chi connectivity index (χ1v) is 8.89. The number of hydrogen-bond donors (Lipinski definition) is 1. The van der Waals surface area contributed by atoms with Gasteiger partial charge in [0.05, 0.1) is 5.69 Å². The second-order valence-electron chi connectivity index (χ2n) is 7.78. The molecule has 28 heavy (non-hydrogen) atoms. The van der Waals surface area contributed by atoms with Crippen LogP contribution in [0.1, 0.15) is 27.7 Å². The molecule has 3 aliphatic heterocycles. The van der Waals surface area contributed by atoms with Crippen LogP contribution in [-0.4, -0.2) is 53.5 Å². The number of nitrogens with zero attached hydrogens (tertiary/aromatic N) is 1. The van der Waals surface area contributed by atoms with E-state index in [-0.39, 0.29) is 16.7 Å². The van der Waals surface area contributed by atoms with E-state index in [1.165, 1.54) is 24.3 Å². The first-order valence-electron chi connectivity index (χ1n) is 8.89. The SMILES string of the molecule is CC1(C)O[C@@H]2[C@@H](O1)[C@@H](C(=O)Oc1ccc(N([O-])O)cc1)O[C@H]1OC(C)(C)O[C@@H]12. The molecule has 10 heteroatoms. The average Bonchev–Trinajstić information content (AvgIpc) is 3.08. The van der Waals surface area contributed by atoms with Gasteiger partial charge in [0.2, 0.25) is 0 Å². The van der Waals surface area contributed by atoms with Crippen molar-refractivity contribution >= 4 is 11.7 Å². The van der Waals surface area contributed by atoms with Crippen LogP contribution < -0.4 is 9.96 Å². The van der Waals surface area contributed by atoms with E-state index in [0.717, 1.165) is 0 Å². The molecule has 1 aromatic carbocycles. The molecular weight excluding hydrogens is 374 g/mol. The summed E-state index contributed by atoms with van der Waals surface area (Å²) >= 11 is 0. The Hall–Kier alpha value is -1.79. The summed E-state index contributed by atoms with van der Waals surface area (Å²) in [5.74, 6) is -2.33. The smallest absolute Gasteiger partial charge is 0.343 e. The lowest BCUT2D eigenvalue weighted by molar-refractivity contribution is -0.236. The highest BCUT2D eigenvalue weighted by Crippen LogP contribution is 2.44. The highest BCUT2D eigenvalue weighted by atomic mass is 16.9. The predicted molar refractivity (Wildman–Crippen MR) is 92.2 cm³/mol. The molecule has 0 amide bonds. The van der Waals surface area contributed by atoms with Crippen molar-refractivity contribution in [1.29, 1.82) is 0 Å². The van der Waals surface area contributed by atoms with Crippen LogP contribution in [0.15, 0.2) is 24.3 Å². The summed E-state index contributed by atoms with van der Waals surface area (Å²) in [4.78, 5) is 12.8. The Morgan fingerprint density at radius 1 is 1.00 bits per heavy atom. The molecule has 0 bridgehead atoms. The maximum atomic E-state index is 12.8. The van der Waals surface area contributed by atoms with E-state index < -0.39 is 48.2 Å². The first-order chi connectivity index (χ1) is 13.0. The molecule has 3 aliphatic rings. The van der Waals surface area contributed by atoms with Gasteiger partial charge in [-0.3, -0.25) is 5.21 Å². The molecule has 10 nitrogen and oxygen atoms in total. The van der Waals surface area contributed by atoms with E-state index in [1.807, 2.05) is 0 Å². The van der Waals surface area contributed by atoms with Gasteiger partial charge in [-0.1, -0.05) is 0 Å². The Morgan fingerprint density at radius 2 is 1.57 bits per heavy atom. The highest BCUT2D eigenvalue weighted by Gasteiger charge is 2.62. The third-order valence-corrected chi connectivity index (χ3v) is 4.66. The quantitative estimate of drug-likeness (QED) is 0.459. The van der Waals surface area contributed by atoms with Crippen LogP contribution in [-0.2, 0) is 28.5 Å². The molecule has 5 atom stereocenters. The van der Waals surface area contributed by atoms with E-state index in [2.05, 4.69) is 0 Å². The Bertz CT molecular complexity index is 748. The maximum absolute atomic E-state index is 12.8. The summed E-state index contributed by atoms with van der Waals surface area (Å²) in [5, 5.41) is 19.4. The zero-order valence-corrected chi connectivity index (χ0v) is 15.9. The Morgan fingerprint density at radius 3 is 2.21 bits per heavy atom. The maximum Gasteiger partial charge on any atom is 0.343 e. The Balaban J connectivity index is 1.53. The van der Waals surface area contributed by atoms with E-state index in [4.69, 9.17) is 33.6 Å². The Kier molecular flexibility index (Phi) is 4.62. The van der Waals surface area contributed by atoms with Gasteiger partial charge in [0.25, 0.3) is 0 Å². The van der Waals surface area contributed by atoms with Crippen molar-refractivity contribution in [2.45, 2.75) is 70.0 Å². The van der Waals surface area contributed by atoms with Gasteiger partial charge in [-0.15, -0.1) is 0 Å². The number of rotatable bonds is 3. The van der Waals surface area contributed by atoms with Crippen LogP contribution in [0, 0.1) is 5.21 Å². The van der Waals surface area contributed by atoms with Gasteiger partial charge >= 0.3 is 5.97 Å². The number of esters is 1. The fraction of sp³-hybridized carbons (Fsp3) is 0.611. The number of benzene rings is 1. The number of carbonyl (C=O) groups excluding carboxylic acids is 1. The normalized spacial score (nSPS) is 35.1. The molecule has 3 fully saturated rings. The van der Waals surface area contributed by atoms with Crippen LogP contribution in [0.4, 0.5) is 5.69 Å². The largest absolute Gasteiger partial charge is 0.733 e. The monoisotopic (exact) mass is 396 g/mol. The van der Waals surface area contributed by atoms with Crippen molar-refractivity contribution in [3.63, 3.8) is 0 Å². The Labute approximate surface area is 161 Å². The number of hydrogen-bond acceptors (Lipinski definition) is 10. The van der Waals surface area contributed by atoms with Crippen molar-refractivity contribution < 1.29 is 38.4 Å². The molecular formula is C18H22NO9-. The zero-order valence-electron chi connectivity index (χ0n) is 15.9. The van der Waals surface area contributed by atoms with Crippen molar-refractivity contribution in [1.82, 2.24) is 0 Å². The van der Waals surface area contributed by atoms with E-state index in [9.17, 15) is 10.0 Å². The number of fused-ring (bicyclic) bond motifs is 3. The highest BCUT2D eigenvalue weighted by molar-refractivity contribution is 5.78. The van der Waals surface area contributed by atoms with Crippen LogP contribution in [0.3, 0.4) is 0 Å². The molecule has 0 aromatic heterocycles. The molecule has 0 unspecified atom stereocenters. The predicted octanol–water partition coefficient (Wildman–Crippen LogP) is 1.68. The summed E-state index contributed by atoms with van der Waals surface area (Å²) in [5.41, 5.74) is 0.00429. The third-order valence-electron chi connectivity index (χ3n) is 4.66. The molecule has 4 rings (SSSR count). The summed E-state index contributed by atoms with van der Waals surface area (Å²) in [7, 11) is 0. The first kappa shape index (κ1) is 19.5. The number of carbonyl (C=O) groups is 1. The van der Waals surface area contributed by atoms with Gasteiger partial charge in [0, 0.05) is 0 Å². The molecule has 3 heterocycles. The van der Waals surface area contributed by atoms with Gasteiger partial charge < -0.3 is 38.9 Å². The number of ether oxygens (including phenoxy) is 6. The van der Waals surface area contributed by atoms with Crippen LogP contribution in [0.2, 0.25) is 0 Å². The molecule has 0 aliphatic carbocycles. The zero-order chi connectivity index (χ0) is 20.3. The standard InChI is InChI=1S/C18H22NO9/c1-17(2)25-11-12(26-17)14-16(28-18(3,4)27-14)24-13(11)15(20)23-10-7-5-9(6-8-10)19(21)22/h5-8,11-14,16,21H,1-4H3/q-1/t11-,12-,13+,14-,16+/m1/s1. The fourth-order valence-corrected chi connectivity index (χ4v) is 3.62. The minimum absolute atomic E-state index is 0.00429. The van der Waals surface area contributed by atoms with E-state index >= 15 is 0 Å². The lowest BCUT2D eigenvalue weighted by atomic mass is 9.99. The van der Waals surface area contributed by atoms with Crippen molar-refractivity contribution in [2.75, 3.05) is 5.23 Å². The molecule has 0 spiro atoms. The number of anilines is 1. The molecule has 154 valence electrons. The van der Waals surface area contributed by atoms with E-state index in [1.54, 1.807) is 27.7 Å². The van der Waals surface area contributed by atoms with Crippen molar-refractivity contribution in [3.8, 4) is 5.75 Å². The van der Waals surface area contributed by atoms with Crippen molar-refractivity contribution in [3.05, 3.63) is 29.5 Å². The topological polar surface area (TPSA) is 119 Å². The van der Waals surface area contributed by atoms with Gasteiger partial charge in [-0.25, -0.2) is 4.79 Å². The van der Waals surface area contributed by atoms with Crippen LogP contribution in [0.25, 0.3) is 0 Å². The summed E-state index contributed by atoms with van der Waals surface area (Å²) in [6, 6.07) is 5.38. The van der Waals surface area contributed by atoms with E-state index in [0.29, 0.717) is 0 Å². The summed E-state index contributed by atoms with van der Waals surface area (Å²) < 4.78 is 34.7. The lowest BCUT2D eigenvalue weighted by Gasteiger charge is -2.35. The van der Waals surface area contributed by atoms with Gasteiger partial charge in [-0.05, 0) is 52.0 Å². The van der Waals surface area contributed by atoms with Crippen LogP contribution in [0.5, 0.6) is 5.75 Å². The molecule has 0 saturated carbocycles. The summed E-state index contributed by atoms with van der Waals surface area (Å²) in [6.07, 6.45) is -3.76. The minimum atomic E-state index is -1.10. The molecule has 1 N–H and O–H groups in total. The van der Waals surface area contributed by atoms with Crippen LogP contribution >= 0.6 is 0 Å². The molecule has 1 aromatic rings. The molecule has 3 saturated heterocycles. The van der Waals surface area contributed by atoms with Crippen molar-refractivity contribution in [2.24, 2.45) is 0 Å². The minimum Gasteiger partial charge on any atom is -0.733 e. The van der Waals surface area contributed by atoms with Gasteiger partial charge in [-0.2, -0.15) is 0 Å². The lowest BCUT2D eigenvalue weighted by Crippen LogP contribution is -2.58. The second-order valence-corrected chi connectivity index (χ2v) is 7.78. The fourth-order valence-electron chi connectivity index (χ4n) is 3.62. The third kappa shape index (κ3) is 3.60. The molecule has 0 radical (unpaired) electrons.